The number of carbonyl (C=O) groups is 2. The van der Waals surface area contributed by atoms with Crippen molar-refractivity contribution in [3.8, 4) is 5.75 Å². The number of amides is 1. The summed E-state index contributed by atoms with van der Waals surface area (Å²) < 4.78 is 11.6. The first-order valence-electron chi connectivity index (χ1n) is 12.6. The first-order chi connectivity index (χ1) is 18.1. The molecule has 1 aliphatic rings. The van der Waals surface area contributed by atoms with Crippen LogP contribution in [0.5, 0.6) is 5.75 Å². The van der Waals surface area contributed by atoms with Gasteiger partial charge in [0.05, 0.1) is 12.1 Å². The molecule has 0 bridgehead atoms. The molecule has 1 amide bonds. The minimum atomic E-state index is -0.320. The Bertz CT molecular complexity index is 1360. The average molecular weight is 498 g/mol. The fourth-order valence-electron chi connectivity index (χ4n) is 4.55. The van der Waals surface area contributed by atoms with E-state index in [2.05, 4.69) is 9.88 Å². The van der Waals surface area contributed by atoms with Crippen LogP contribution in [0.2, 0.25) is 0 Å². The summed E-state index contributed by atoms with van der Waals surface area (Å²) in [6, 6.07) is 23.4. The van der Waals surface area contributed by atoms with Crippen molar-refractivity contribution < 1.29 is 19.1 Å². The number of fused-ring (bicyclic) bond motifs is 1. The summed E-state index contributed by atoms with van der Waals surface area (Å²) in [6.45, 7) is 5.19. The van der Waals surface area contributed by atoms with Gasteiger partial charge >= 0.3 is 6.09 Å². The van der Waals surface area contributed by atoms with Crippen LogP contribution in [0.15, 0.2) is 79.0 Å². The summed E-state index contributed by atoms with van der Waals surface area (Å²) in [7, 11) is 0. The highest BCUT2D eigenvalue weighted by Crippen LogP contribution is 2.29. The minimum absolute atomic E-state index is 0.00525. The largest absolute Gasteiger partial charge is 0.488 e. The number of hydrogen-bond donors (Lipinski definition) is 1. The Labute approximate surface area is 216 Å². The van der Waals surface area contributed by atoms with E-state index in [9.17, 15) is 9.59 Å². The van der Waals surface area contributed by atoms with Crippen molar-refractivity contribution in [1.29, 1.82) is 0 Å². The Morgan fingerprint density at radius 2 is 1.51 bits per heavy atom. The van der Waals surface area contributed by atoms with Crippen LogP contribution in [-0.4, -0.2) is 59.4 Å². The van der Waals surface area contributed by atoms with Crippen LogP contribution in [0.25, 0.3) is 10.9 Å². The van der Waals surface area contributed by atoms with Crippen LogP contribution in [0.1, 0.15) is 27.0 Å². The van der Waals surface area contributed by atoms with Gasteiger partial charge in [-0.2, -0.15) is 0 Å². The summed E-state index contributed by atoms with van der Waals surface area (Å²) in [4.78, 5) is 33.0. The molecule has 0 unspecified atom stereocenters. The molecule has 1 aliphatic heterocycles. The molecule has 1 N–H and O–H groups in total. The van der Waals surface area contributed by atoms with Gasteiger partial charge in [0, 0.05) is 49.3 Å². The van der Waals surface area contributed by atoms with E-state index < -0.39 is 0 Å². The van der Waals surface area contributed by atoms with Crippen LogP contribution < -0.4 is 4.74 Å². The molecule has 37 heavy (non-hydrogen) atoms. The molecule has 7 nitrogen and oxygen atoms in total. The van der Waals surface area contributed by atoms with Gasteiger partial charge in [-0.15, -0.1) is 0 Å². The Morgan fingerprint density at radius 3 is 2.19 bits per heavy atom. The molecule has 5 rings (SSSR count). The molecule has 0 spiro atoms. The molecule has 0 saturated carbocycles. The molecule has 1 saturated heterocycles. The molecule has 190 valence electrons. The van der Waals surface area contributed by atoms with E-state index in [1.165, 1.54) is 0 Å². The highest BCUT2D eigenvalue weighted by Gasteiger charge is 2.25. The zero-order valence-corrected chi connectivity index (χ0v) is 21.0. The molecule has 1 fully saturated rings. The van der Waals surface area contributed by atoms with E-state index in [0.29, 0.717) is 44.1 Å². The first kappa shape index (κ1) is 24.6. The van der Waals surface area contributed by atoms with Gasteiger partial charge in [0.25, 0.3) is 0 Å². The molecule has 0 radical (unpaired) electrons. The fraction of sp³-hybridized carbons (Fsp3) is 0.267. The number of nitrogens with one attached hydrogen (secondary N) is 1. The van der Waals surface area contributed by atoms with E-state index in [1.807, 2.05) is 85.9 Å². The number of aromatic nitrogens is 1. The molecule has 3 aromatic carbocycles. The van der Waals surface area contributed by atoms with E-state index >= 15 is 0 Å². The third-order valence-electron chi connectivity index (χ3n) is 6.73. The smallest absolute Gasteiger partial charge is 0.410 e. The lowest BCUT2D eigenvalue weighted by atomic mass is 10.0. The maximum Gasteiger partial charge on any atom is 0.410 e. The van der Waals surface area contributed by atoms with Gasteiger partial charge in [-0.05, 0) is 29.7 Å². The minimum Gasteiger partial charge on any atom is -0.488 e. The molecule has 1 aromatic heterocycles. The van der Waals surface area contributed by atoms with Crippen LogP contribution in [0.4, 0.5) is 4.79 Å². The Kier molecular flexibility index (Phi) is 7.51. The Balaban J connectivity index is 1.21. The standard InChI is InChI=1S/C30H31N3O4/c1-22-18-31-27-17-29(36-20-23-8-4-2-5-9-23)26(16-25(22)27)28(34)19-32-12-14-33(15-13-32)30(35)37-21-24-10-6-3-7-11-24/h2-11,16-18,31H,12-15,19-21H2,1H3. The SMILES string of the molecule is Cc1c[nH]c2cc(OCc3ccccc3)c(C(=O)CN3CCN(C(=O)OCc4ccccc4)CC3)cc12. The van der Waals surface area contributed by atoms with Gasteiger partial charge in [0.15, 0.2) is 5.78 Å². The predicted molar refractivity (Wildman–Crippen MR) is 143 cm³/mol. The molecule has 0 atom stereocenters. The summed E-state index contributed by atoms with van der Waals surface area (Å²) in [5.74, 6) is 0.581. The topological polar surface area (TPSA) is 74.9 Å². The highest BCUT2D eigenvalue weighted by molar-refractivity contribution is 6.04. The number of ether oxygens (including phenoxy) is 2. The quantitative estimate of drug-likeness (QED) is 0.339. The van der Waals surface area contributed by atoms with E-state index in [4.69, 9.17) is 9.47 Å². The van der Waals surface area contributed by atoms with Crippen molar-refractivity contribution >= 4 is 22.8 Å². The lowest BCUT2D eigenvalue weighted by molar-refractivity contribution is 0.0677. The van der Waals surface area contributed by atoms with Gasteiger partial charge in [-0.1, -0.05) is 60.7 Å². The molecule has 7 heteroatoms. The number of H-pyrrole nitrogens is 1. The van der Waals surface area contributed by atoms with Crippen LogP contribution in [0.3, 0.4) is 0 Å². The van der Waals surface area contributed by atoms with E-state index in [-0.39, 0.29) is 25.0 Å². The van der Waals surface area contributed by atoms with Crippen LogP contribution in [0, 0.1) is 6.92 Å². The van der Waals surface area contributed by atoms with Crippen molar-refractivity contribution in [2.24, 2.45) is 0 Å². The van der Waals surface area contributed by atoms with Crippen molar-refractivity contribution in [1.82, 2.24) is 14.8 Å². The summed E-state index contributed by atoms with van der Waals surface area (Å²) >= 11 is 0. The number of rotatable bonds is 8. The number of aryl methyl sites for hydroxylation is 1. The average Bonchev–Trinajstić information content (AvgIpc) is 3.31. The third-order valence-corrected chi connectivity index (χ3v) is 6.73. The second-order valence-electron chi connectivity index (χ2n) is 9.37. The van der Waals surface area contributed by atoms with Gasteiger partial charge < -0.3 is 19.4 Å². The molecular weight excluding hydrogens is 466 g/mol. The third kappa shape index (κ3) is 6.01. The number of hydrogen-bond acceptors (Lipinski definition) is 5. The monoisotopic (exact) mass is 497 g/mol. The number of benzene rings is 3. The maximum atomic E-state index is 13.5. The van der Waals surface area contributed by atoms with Crippen molar-refractivity contribution in [2.45, 2.75) is 20.1 Å². The van der Waals surface area contributed by atoms with E-state index in [0.717, 1.165) is 27.6 Å². The Hall–Kier alpha value is -4.10. The first-order valence-corrected chi connectivity index (χ1v) is 12.6. The number of nitrogens with zero attached hydrogens (tertiary/aromatic N) is 2. The number of ketones is 1. The lowest BCUT2D eigenvalue weighted by Gasteiger charge is -2.33. The predicted octanol–water partition coefficient (Wildman–Crippen LogP) is 5.19. The van der Waals surface area contributed by atoms with Gasteiger partial charge in [0.2, 0.25) is 0 Å². The van der Waals surface area contributed by atoms with Crippen molar-refractivity contribution in [3.63, 3.8) is 0 Å². The summed E-state index contributed by atoms with van der Waals surface area (Å²) in [5.41, 5.74) is 4.61. The molecule has 4 aromatic rings. The second kappa shape index (κ2) is 11.3. The zero-order chi connectivity index (χ0) is 25.6. The number of carbonyl (C=O) groups excluding carboxylic acids is 2. The normalized spacial score (nSPS) is 14.0. The maximum absolute atomic E-state index is 13.5. The van der Waals surface area contributed by atoms with Gasteiger partial charge in [-0.25, -0.2) is 4.79 Å². The molecule has 2 heterocycles. The fourth-order valence-corrected chi connectivity index (χ4v) is 4.55. The number of Topliss-reactive ketones (excluding diaryl/α,β-unsaturated/α-hetero) is 1. The van der Waals surface area contributed by atoms with Crippen molar-refractivity contribution in [2.75, 3.05) is 32.7 Å². The second-order valence-corrected chi connectivity index (χ2v) is 9.37. The van der Waals surface area contributed by atoms with Gasteiger partial charge in [0.1, 0.15) is 19.0 Å². The van der Waals surface area contributed by atoms with E-state index in [1.54, 1.807) is 4.90 Å². The summed E-state index contributed by atoms with van der Waals surface area (Å²) in [6.07, 6.45) is 1.62. The molecular formula is C30H31N3O4. The highest BCUT2D eigenvalue weighted by atomic mass is 16.6. The van der Waals surface area contributed by atoms with Gasteiger partial charge in [-0.3, -0.25) is 9.69 Å². The summed E-state index contributed by atoms with van der Waals surface area (Å²) in [5, 5.41) is 1.02. The number of aromatic amines is 1. The number of piperazine rings is 1. The van der Waals surface area contributed by atoms with Crippen LogP contribution >= 0.6 is 0 Å². The zero-order valence-electron chi connectivity index (χ0n) is 21.0. The van der Waals surface area contributed by atoms with Crippen molar-refractivity contribution in [3.05, 3.63) is 101 Å². The Morgan fingerprint density at radius 1 is 0.865 bits per heavy atom. The van der Waals surface area contributed by atoms with Crippen LogP contribution in [-0.2, 0) is 18.0 Å². The molecule has 0 aliphatic carbocycles. The lowest BCUT2D eigenvalue weighted by Crippen LogP contribution is -2.50.